The maximum Gasteiger partial charge on any atom is 0.328 e. The van der Waals surface area contributed by atoms with Gasteiger partial charge in [0, 0.05) is 7.05 Å². The molecule has 1 aromatic rings. The number of ether oxygens (including phenoxy) is 1. The van der Waals surface area contributed by atoms with E-state index in [9.17, 15) is 9.59 Å². The molecule has 0 aliphatic carbocycles. The van der Waals surface area contributed by atoms with Crippen molar-refractivity contribution in [2.75, 3.05) is 12.9 Å². The van der Waals surface area contributed by atoms with Crippen molar-refractivity contribution in [3.05, 3.63) is 0 Å². The first-order chi connectivity index (χ1) is 9.49. The van der Waals surface area contributed by atoms with Crippen LogP contribution < -0.4 is 5.32 Å². The summed E-state index contributed by atoms with van der Waals surface area (Å²) in [6.45, 7) is 3.84. The smallest absolute Gasteiger partial charge is 0.328 e. The molecule has 0 fully saturated rings. The minimum Gasteiger partial charge on any atom is -0.467 e. The number of aryl methyl sites for hydroxylation is 1. The number of tetrazole rings is 1. The van der Waals surface area contributed by atoms with Crippen molar-refractivity contribution in [3.8, 4) is 0 Å². The molecule has 0 radical (unpaired) electrons. The van der Waals surface area contributed by atoms with E-state index in [0.717, 1.165) is 6.42 Å². The highest BCUT2D eigenvalue weighted by atomic mass is 32.2. The minimum absolute atomic E-state index is 0.00731. The Labute approximate surface area is 121 Å². The Morgan fingerprint density at radius 2 is 2.20 bits per heavy atom. The standard InChI is InChI=1S/C11H19N5O3S/c1-5-7(2)9(10(18)19-4)12-8(17)6-20-11-13-14-15-16(11)3/h7,9H,5-6H2,1-4H3,(H,12,17)/t7-,9-/m0/s1. The summed E-state index contributed by atoms with van der Waals surface area (Å²) in [6, 6.07) is -0.629. The summed E-state index contributed by atoms with van der Waals surface area (Å²) in [5.74, 6) is -0.544. The number of amides is 1. The van der Waals surface area contributed by atoms with Crippen LogP contribution in [0.3, 0.4) is 0 Å². The second-order valence-electron chi connectivity index (χ2n) is 4.33. The van der Waals surface area contributed by atoms with Gasteiger partial charge in [0.25, 0.3) is 0 Å². The van der Waals surface area contributed by atoms with E-state index in [1.165, 1.54) is 23.6 Å². The first kappa shape index (κ1) is 16.4. The molecule has 9 heteroatoms. The fraction of sp³-hybridized carbons (Fsp3) is 0.727. The van der Waals surface area contributed by atoms with E-state index < -0.39 is 12.0 Å². The average Bonchev–Trinajstić information content (AvgIpc) is 2.86. The SMILES string of the molecule is CC[C@H](C)[C@H](NC(=O)CSc1nnnn1C)C(=O)OC. The van der Waals surface area contributed by atoms with Crippen LogP contribution in [0.4, 0.5) is 0 Å². The molecule has 0 spiro atoms. The lowest BCUT2D eigenvalue weighted by atomic mass is 9.99. The predicted octanol–water partition coefficient (Wildman–Crippen LogP) is 0.00610. The van der Waals surface area contributed by atoms with Crippen molar-refractivity contribution in [2.45, 2.75) is 31.5 Å². The third kappa shape index (κ3) is 4.48. The fourth-order valence-corrected chi connectivity index (χ4v) is 2.15. The molecule has 112 valence electrons. The predicted molar refractivity (Wildman–Crippen MR) is 72.9 cm³/mol. The Bertz CT molecular complexity index is 465. The van der Waals surface area contributed by atoms with Gasteiger partial charge in [-0.25, -0.2) is 9.48 Å². The fourth-order valence-electron chi connectivity index (χ4n) is 1.48. The summed E-state index contributed by atoms with van der Waals surface area (Å²) in [5.41, 5.74) is 0. The molecule has 0 bridgehead atoms. The van der Waals surface area contributed by atoms with Crippen molar-refractivity contribution in [2.24, 2.45) is 13.0 Å². The maximum absolute atomic E-state index is 11.9. The third-order valence-corrected chi connectivity index (χ3v) is 3.91. The van der Waals surface area contributed by atoms with Gasteiger partial charge in [-0.1, -0.05) is 32.0 Å². The number of rotatable bonds is 7. The van der Waals surface area contributed by atoms with Crippen LogP contribution in [0.2, 0.25) is 0 Å². The summed E-state index contributed by atoms with van der Waals surface area (Å²) < 4.78 is 6.19. The van der Waals surface area contributed by atoms with E-state index in [0.29, 0.717) is 5.16 Å². The Kier molecular flexibility index (Phi) is 6.43. The lowest BCUT2D eigenvalue weighted by Crippen LogP contribution is -2.46. The molecule has 0 aromatic carbocycles. The van der Waals surface area contributed by atoms with Crippen LogP contribution in [-0.2, 0) is 21.4 Å². The number of methoxy groups -OCH3 is 1. The van der Waals surface area contributed by atoms with Gasteiger partial charge < -0.3 is 10.1 Å². The van der Waals surface area contributed by atoms with Crippen molar-refractivity contribution in [1.82, 2.24) is 25.5 Å². The van der Waals surface area contributed by atoms with Crippen LogP contribution >= 0.6 is 11.8 Å². The molecule has 2 atom stereocenters. The van der Waals surface area contributed by atoms with Crippen LogP contribution in [-0.4, -0.2) is 51.0 Å². The molecule has 20 heavy (non-hydrogen) atoms. The first-order valence-electron chi connectivity index (χ1n) is 6.21. The van der Waals surface area contributed by atoms with Crippen LogP contribution in [0.15, 0.2) is 5.16 Å². The topological polar surface area (TPSA) is 99.0 Å². The van der Waals surface area contributed by atoms with E-state index in [4.69, 9.17) is 4.74 Å². The summed E-state index contributed by atoms with van der Waals surface area (Å²) in [5, 5.41) is 14.1. The molecule has 1 amide bonds. The highest BCUT2D eigenvalue weighted by Crippen LogP contribution is 2.13. The summed E-state index contributed by atoms with van der Waals surface area (Å²) in [6.07, 6.45) is 0.764. The molecule has 0 saturated heterocycles. The van der Waals surface area contributed by atoms with Gasteiger partial charge in [-0.15, -0.1) is 5.10 Å². The zero-order valence-corrected chi connectivity index (χ0v) is 12.8. The zero-order chi connectivity index (χ0) is 15.1. The van der Waals surface area contributed by atoms with Crippen LogP contribution in [0.25, 0.3) is 0 Å². The number of hydrogen-bond acceptors (Lipinski definition) is 7. The zero-order valence-electron chi connectivity index (χ0n) is 12.0. The minimum atomic E-state index is -0.629. The normalized spacial score (nSPS) is 13.6. The third-order valence-electron chi connectivity index (χ3n) is 2.90. The lowest BCUT2D eigenvalue weighted by Gasteiger charge is -2.21. The Balaban J connectivity index is 2.54. The van der Waals surface area contributed by atoms with Gasteiger partial charge in [0.05, 0.1) is 12.9 Å². The van der Waals surface area contributed by atoms with E-state index >= 15 is 0 Å². The van der Waals surface area contributed by atoms with E-state index in [1.54, 1.807) is 7.05 Å². The molecule has 1 aromatic heterocycles. The number of hydrogen-bond donors (Lipinski definition) is 1. The monoisotopic (exact) mass is 301 g/mol. The quantitative estimate of drug-likeness (QED) is 0.559. The van der Waals surface area contributed by atoms with Crippen LogP contribution in [0.5, 0.6) is 0 Å². The molecule has 0 aliphatic rings. The lowest BCUT2D eigenvalue weighted by molar-refractivity contribution is -0.146. The van der Waals surface area contributed by atoms with Gasteiger partial charge in [-0.05, 0) is 16.3 Å². The Morgan fingerprint density at radius 3 is 2.70 bits per heavy atom. The number of thioether (sulfide) groups is 1. The largest absolute Gasteiger partial charge is 0.467 e. The molecule has 1 heterocycles. The molecule has 0 unspecified atom stereocenters. The number of nitrogens with zero attached hydrogens (tertiary/aromatic N) is 4. The second kappa shape index (κ2) is 7.83. The molecule has 0 saturated carbocycles. The van der Waals surface area contributed by atoms with Gasteiger partial charge in [-0.3, -0.25) is 4.79 Å². The molecule has 1 rings (SSSR count). The summed E-state index contributed by atoms with van der Waals surface area (Å²) in [4.78, 5) is 23.5. The highest BCUT2D eigenvalue weighted by Gasteiger charge is 2.26. The molecular formula is C11H19N5O3S. The van der Waals surface area contributed by atoms with E-state index in [1.807, 2.05) is 13.8 Å². The summed E-state index contributed by atoms with van der Waals surface area (Å²) >= 11 is 1.21. The number of carbonyl (C=O) groups excluding carboxylic acids is 2. The summed E-state index contributed by atoms with van der Waals surface area (Å²) in [7, 11) is 3.00. The maximum atomic E-state index is 11.9. The number of carbonyl (C=O) groups is 2. The van der Waals surface area contributed by atoms with Crippen molar-refractivity contribution >= 4 is 23.6 Å². The first-order valence-corrected chi connectivity index (χ1v) is 7.20. The van der Waals surface area contributed by atoms with E-state index in [2.05, 4.69) is 20.8 Å². The van der Waals surface area contributed by atoms with Gasteiger partial charge in [0.2, 0.25) is 11.1 Å². The Morgan fingerprint density at radius 1 is 1.50 bits per heavy atom. The van der Waals surface area contributed by atoms with Gasteiger partial charge in [-0.2, -0.15) is 0 Å². The highest BCUT2D eigenvalue weighted by molar-refractivity contribution is 7.99. The van der Waals surface area contributed by atoms with Gasteiger partial charge >= 0.3 is 5.97 Å². The average molecular weight is 301 g/mol. The van der Waals surface area contributed by atoms with E-state index in [-0.39, 0.29) is 17.6 Å². The van der Waals surface area contributed by atoms with Crippen LogP contribution in [0.1, 0.15) is 20.3 Å². The van der Waals surface area contributed by atoms with Crippen molar-refractivity contribution in [1.29, 1.82) is 0 Å². The van der Waals surface area contributed by atoms with Crippen LogP contribution in [0, 0.1) is 5.92 Å². The number of aromatic nitrogens is 4. The number of esters is 1. The molecular weight excluding hydrogens is 282 g/mol. The van der Waals surface area contributed by atoms with Crippen molar-refractivity contribution in [3.63, 3.8) is 0 Å². The molecule has 8 nitrogen and oxygen atoms in total. The van der Waals surface area contributed by atoms with Gasteiger partial charge in [0.15, 0.2) is 0 Å². The van der Waals surface area contributed by atoms with Crippen molar-refractivity contribution < 1.29 is 14.3 Å². The molecule has 0 aliphatic heterocycles. The molecule has 1 N–H and O–H groups in total. The second-order valence-corrected chi connectivity index (χ2v) is 5.27. The number of nitrogens with one attached hydrogen (secondary N) is 1. The van der Waals surface area contributed by atoms with Gasteiger partial charge in [0.1, 0.15) is 6.04 Å². The Hall–Kier alpha value is -1.64.